The fourth-order valence-electron chi connectivity index (χ4n) is 2.25. The highest BCUT2D eigenvalue weighted by atomic mass is 19.1. The standard InChI is InChI=1S/C18H21FN2O2/c1-13(16-5-3-4-6-17(16)23-2)20-12-18(22)21-11-14-7-9-15(19)10-8-14/h3-10,13,20H,11-12H2,1-2H3,(H,21,22)/t13-/m0/s1. The highest BCUT2D eigenvalue weighted by Crippen LogP contribution is 2.23. The monoisotopic (exact) mass is 316 g/mol. The number of hydrogen-bond donors (Lipinski definition) is 2. The summed E-state index contributed by atoms with van der Waals surface area (Å²) in [6.45, 7) is 2.55. The lowest BCUT2D eigenvalue weighted by molar-refractivity contribution is -0.120. The van der Waals surface area contributed by atoms with Gasteiger partial charge in [-0.15, -0.1) is 0 Å². The van der Waals surface area contributed by atoms with E-state index in [1.807, 2.05) is 31.2 Å². The Bertz CT molecular complexity index is 644. The molecule has 0 unspecified atom stereocenters. The van der Waals surface area contributed by atoms with E-state index in [-0.39, 0.29) is 24.3 Å². The minimum atomic E-state index is -0.285. The summed E-state index contributed by atoms with van der Waals surface area (Å²) in [5.41, 5.74) is 1.86. The fraction of sp³-hybridized carbons (Fsp3) is 0.278. The summed E-state index contributed by atoms with van der Waals surface area (Å²) in [6, 6.07) is 13.8. The van der Waals surface area contributed by atoms with Crippen molar-refractivity contribution in [3.8, 4) is 5.75 Å². The van der Waals surface area contributed by atoms with Gasteiger partial charge in [0, 0.05) is 18.2 Å². The maximum Gasteiger partial charge on any atom is 0.234 e. The third-order valence-corrected chi connectivity index (χ3v) is 3.58. The van der Waals surface area contributed by atoms with Crippen LogP contribution in [0.4, 0.5) is 4.39 Å². The van der Waals surface area contributed by atoms with Crippen LogP contribution in [0.5, 0.6) is 5.75 Å². The van der Waals surface area contributed by atoms with Crippen LogP contribution in [-0.2, 0) is 11.3 Å². The quantitative estimate of drug-likeness (QED) is 0.826. The molecular weight excluding hydrogens is 295 g/mol. The normalized spacial score (nSPS) is 11.8. The molecule has 23 heavy (non-hydrogen) atoms. The second kappa shape index (κ2) is 8.29. The number of carbonyl (C=O) groups excluding carboxylic acids is 1. The molecule has 2 aromatic carbocycles. The van der Waals surface area contributed by atoms with Crippen LogP contribution in [0.25, 0.3) is 0 Å². The molecule has 0 fully saturated rings. The molecule has 122 valence electrons. The molecule has 2 rings (SSSR count). The molecule has 2 aromatic rings. The smallest absolute Gasteiger partial charge is 0.234 e. The Balaban J connectivity index is 1.80. The van der Waals surface area contributed by atoms with E-state index < -0.39 is 0 Å². The van der Waals surface area contributed by atoms with E-state index >= 15 is 0 Å². The molecule has 0 saturated carbocycles. The number of amides is 1. The molecule has 0 aliphatic carbocycles. The van der Waals surface area contributed by atoms with Gasteiger partial charge in [-0.1, -0.05) is 30.3 Å². The number of hydrogen-bond acceptors (Lipinski definition) is 3. The van der Waals surface area contributed by atoms with E-state index in [4.69, 9.17) is 4.74 Å². The summed E-state index contributed by atoms with van der Waals surface area (Å²) >= 11 is 0. The molecule has 1 atom stereocenters. The molecule has 5 heteroatoms. The summed E-state index contributed by atoms with van der Waals surface area (Å²) in [7, 11) is 1.63. The Morgan fingerprint density at radius 3 is 2.57 bits per heavy atom. The molecule has 4 nitrogen and oxygen atoms in total. The third-order valence-electron chi connectivity index (χ3n) is 3.58. The van der Waals surface area contributed by atoms with Crippen molar-refractivity contribution < 1.29 is 13.9 Å². The van der Waals surface area contributed by atoms with Crippen molar-refractivity contribution in [1.29, 1.82) is 0 Å². The largest absolute Gasteiger partial charge is 0.496 e. The van der Waals surface area contributed by atoms with Gasteiger partial charge in [-0.2, -0.15) is 0 Å². The molecule has 1 amide bonds. The van der Waals surface area contributed by atoms with Crippen LogP contribution in [0.2, 0.25) is 0 Å². The molecule has 0 bridgehead atoms. The van der Waals surface area contributed by atoms with E-state index in [9.17, 15) is 9.18 Å². The summed E-state index contributed by atoms with van der Waals surface area (Å²) in [5, 5.41) is 5.97. The Morgan fingerprint density at radius 1 is 1.17 bits per heavy atom. The molecule has 0 spiro atoms. The van der Waals surface area contributed by atoms with Crippen LogP contribution >= 0.6 is 0 Å². The highest BCUT2D eigenvalue weighted by Gasteiger charge is 2.11. The second-order valence-electron chi connectivity index (χ2n) is 5.25. The molecule has 0 heterocycles. The lowest BCUT2D eigenvalue weighted by Gasteiger charge is -2.17. The average molecular weight is 316 g/mol. The zero-order valence-electron chi connectivity index (χ0n) is 13.3. The number of para-hydroxylation sites is 1. The zero-order valence-corrected chi connectivity index (χ0v) is 13.3. The maximum atomic E-state index is 12.8. The Morgan fingerprint density at radius 2 is 1.87 bits per heavy atom. The van der Waals surface area contributed by atoms with E-state index in [1.165, 1.54) is 12.1 Å². The molecule has 2 N–H and O–H groups in total. The fourth-order valence-corrected chi connectivity index (χ4v) is 2.25. The van der Waals surface area contributed by atoms with Crippen LogP contribution in [0.15, 0.2) is 48.5 Å². The molecule has 0 saturated heterocycles. The number of rotatable bonds is 7. The summed E-state index contributed by atoms with van der Waals surface area (Å²) in [4.78, 5) is 11.9. The summed E-state index contributed by atoms with van der Waals surface area (Å²) < 4.78 is 18.1. The van der Waals surface area contributed by atoms with Gasteiger partial charge in [-0.05, 0) is 30.7 Å². The Kier molecular flexibility index (Phi) is 6.11. The number of halogens is 1. The first kappa shape index (κ1) is 17.0. The minimum Gasteiger partial charge on any atom is -0.496 e. The number of ether oxygens (including phenoxy) is 1. The minimum absolute atomic E-state index is 0.0114. The number of methoxy groups -OCH3 is 1. The van der Waals surface area contributed by atoms with Gasteiger partial charge in [-0.3, -0.25) is 4.79 Å². The number of carbonyl (C=O) groups is 1. The van der Waals surface area contributed by atoms with Crippen molar-refractivity contribution in [2.45, 2.75) is 19.5 Å². The molecular formula is C18H21FN2O2. The van der Waals surface area contributed by atoms with E-state index in [0.717, 1.165) is 16.9 Å². The highest BCUT2D eigenvalue weighted by molar-refractivity contribution is 5.78. The SMILES string of the molecule is COc1ccccc1[C@H](C)NCC(=O)NCc1ccc(F)cc1. The maximum absolute atomic E-state index is 12.8. The van der Waals surface area contributed by atoms with E-state index in [2.05, 4.69) is 10.6 Å². The van der Waals surface area contributed by atoms with Gasteiger partial charge in [0.2, 0.25) is 5.91 Å². The van der Waals surface area contributed by atoms with Crippen molar-refractivity contribution in [3.63, 3.8) is 0 Å². The van der Waals surface area contributed by atoms with Crippen molar-refractivity contribution in [2.24, 2.45) is 0 Å². The van der Waals surface area contributed by atoms with Gasteiger partial charge in [0.15, 0.2) is 0 Å². The molecule has 0 aromatic heterocycles. The van der Waals surface area contributed by atoms with Crippen LogP contribution in [0.3, 0.4) is 0 Å². The Labute approximate surface area is 135 Å². The lowest BCUT2D eigenvalue weighted by Crippen LogP contribution is -2.34. The van der Waals surface area contributed by atoms with Crippen LogP contribution in [0, 0.1) is 5.82 Å². The van der Waals surface area contributed by atoms with Crippen molar-refractivity contribution in [1.82, 2.24) is 10.6 Å². The molecule has 0 aliphatic rings. The second-order valence-corrected chi connectivity index (χ2v) is 5.25. The zero-order chi connectivity index (χ0) is 16.7. The van der Waals surface area contributed by atoms with Gasteiger partial charge in [0.1, 0.15) is 11.6 Å². The van der Waals surface area contributed by atoms with Crippen molar-refractivity contribution in [3.05, 3.63) is 65.5 Å². The molecule has 0 radical (unpaired) electrons. The van der Waals surface area contributed by atoms with Gasteiger partial charge >= 0.3 is 0 Å². The molecule has 0 aliphatic heterocycles. The topological polar surface area (TPSA) is 50.4 Å². The van der Waals surface area contributed by atoms with Crippen molar-refractivity contribution in [2.75, 3.05) is 13.7 Å². The van der Waals surface area contributed by atoms with Crippen molar-refractivity contribution >= 4 is 5.91 Å². The van der Waals surface area contributed by atoms with E-state index in [0.29, 0.717) is 6.54 Å². The van der Waals surface area contributed by atoms with Gasteiger partial charge in [0.05, 0.1) is 13.7 Å². The predicted octanol–water partition coefficient (Wildman–Crippen LogP) is 2.80. The number of nitrogens with one attached hydrogen (secondary N) is 2. The van der Waals surface area contributed by atoms with Crippen LogP contribution < -0.4 is 15.4 Å². The summed E-state index contributed by atoms with van der Waals surface area (Å²) in [5.74, 6) is 0.391. The predicted molar refractivity (Wildman–Crippen MR) is 87.7 cm³/mol. The Hall–Kier alpha value is -2.40. The summed E-state index contributed by atoms with van der Waals surface area (Å²) in [6.07, 6.45) is 0. The van der Waals surface area contributed by atoms with Crippen LogP contribution in [-0.4, -0.2) is 19.6 Å². The average Bonchev–Trinajstić information content (AvgIpc) is 2.59. The van der Waals surface area contributed by atoms with Gasteiger partial charge < -0.3 is 15.4 Å². The van der Waals surface area contributed by atoms with Crippen LogP contribution in [0.1, 0.15) is 24.1 Å². The van der Waals surface area contributed by atoms with Gasteiger partial charge in [0.25, 0.3) is 0 Å². The van der Waals surface area contributed by atoms with Gasteiger partial charge in [-0.25, -0.2) is 4.39 Å². The first-order valence-electron chi connectivity index (χ1n) is 7.47. The lowest BCUT2D eigenvalue weighted by atomic mass is 10.1. The first-order chi connectivity index (χ1) is 11.1. The van der Waals surface area contributed by atoms with E-state index in [1.54, 1.807) is 19.2 Å². The number of benzene rings is 2. The first-order valence-corrected chi connectivity index (χ1v) is 7.47. The third kappa shape index (κ3) is 5.07.